The molecule has 0 saturated carbocycles. The van der Waals surface area contributed by atoms with Gasteiger partial charge < -0.3 is 15.3 Å². The Bertz CT molecular complexity index is 433. The van der Waals surface area contributed by atoms with Crippen molar-refractivity contribution >= 4 is 17.7 Å². The molecule has 0 bridgehead atoms. The molecule has 1 aromatic rings. The highest BCUT2D eigenvalue weighted by Crippen LogP contribution is 2.17. The summed E-state index contributed by atoms with van der Waals surface area (Å²) in [6.07, 6.45) is 1.38. The van der Waals surface area contributed by atoms with Crippen molar-refractivity contribution in [3.8, 4) is 0 Å². The van der Waals surface area contributed by atoms with Gasteiger partial charge in [0.2, 0.25) is 0 Å². The van der Waals surface area contributed by atoms with Crippen LogP contribution in [-0.4, -0.2) is 35.1 Å². The van der Waals surface area contributed by atoms with E-state index in [0.29, 0.717) is 13.0 Å². The van der Waals surface area contributed by atoms with E-state index in [1.54, 1.807) is 17.0 Å². The van der Waals surface area contributed by atoms with Crippen LogP contribution in [0.15, 0.2) is 30.3 Å². The van der Waals surface area contributed by atoms with Gasteiger partial charge >= 0.3 is 12.0 Å². The van der Waals surface area contributed by atoms with Crippen LogP contribution in [0, 0.1) is 5.92 Å². The molecule has 1 fully saturated rings. The second kappa shape index (κ2) is 5.53. The largest absolute Gasteiger partial charge is 0.481 e. The van der Waals surface area contributed by atoms with E-state index in [9.17, 15) is 9.59 Å². The molecule has 1 aromatic carbocycles. The molecule has 1 aliphatic rings. The molecule has 1 atom stereocenters. The highest BCUT2D eigenvalue weighted by atomic mass is 16.4. The van der Waals surface area contributed by atoms with Gasteiger partial charge in [0, 0.05) is 18.8 Å². The fraction of sp³-hybridized carbons (Fsp3) is 0.385. The molecular weight excluding hydrogens is 232 g/mol. The number of aliphatic carboxylic acids is 1. The Morgan fingerprint density at radius 2 is 2.00 bits per heavy atom. The summed E-state index contributed by atoms with van der Waals surface area (Å²) in [4.78, 5) is 24.4. The third kappa shape index (κ3) is 3.00. The average molecular weight is 248 g/mol. The molecule has 1 aliphatic heterocycles. The Morgan fingerprint density at radius 1 is 1.28 bits per heavy atom. The predicted molar refractivity (Wildman–Crippen MR) is 67.4 cm³/mol. The normalized spacial score (nSPS) is 19.3. The van der Waals surface area contributed by atoms with Crippen LogP contribution in [0.3, 0.4) is 0 Å². The monoisotopic (exact) mass is 248 g/mol. The van der Waals surface area contributed by atoms with Crippen LogP contribution < -0.4 is 5.32 Å². The van der Waals surface area contributed by atoms with Crippen LogP contribution >= 0.6 is 0 Å². The summed E-state index contributed by atoms with van der Waals surface area (Å²) in [6, 6.07) is 8.93. The molecule has 0 radical (unpaired) electrons. The topological polar surface area (TPSA) is 69.6 Å². The summed E-state index contributed by atoms with van der Waals surface area (Å²) >= 11 is 0. The molecule has 2 amide bonds. The molecule has 5 heteroatoms. The van der Waals surface area contributed by atoms with Crippen molar-refractivity contribution in [2.24, 2.45) is 5.92 Å². The predicted octanol–water partition coefficient (Wildman–Crippen LogP) is 2.02. The number of piperidine rings is 1. The highest BCUT2D eigenvalue weighted by Gasteiger charge is 2.27. The lowest BCUT2D eigenvalue weighted by Crippen LogP contribution is -2.44. The van der Waals surface area contributed by atoms with Crippen LogP contribution in [0.1, 0.15) is 12.8 Å². The van der Waals surface area contributed by atoms with Crippen LogP contribution in [0.25, 0.3) is 0 Å². The number of nitrogens with one attached hydrogen (secondary N) is 1. The molecule has 1 saturated heterocycles. The first-order chi connectivity index (χ1) is 8.66. The van der Waals surface area contributed by atoms with Crippen LogP contribution in [0.5, 0.6) is 0 Å². The highest BCUT2D eigenvalue weighted by molar-refractivity contribution is 5.89. The number of carboxylic acid groups (broad SMARTS) is 1. The van der Waals surface area contributed by atoms with E-state index in [1.165, 1.54) is 0 Å². The number of carbonyl (C=O) groups is 2. The van der Waals surface area contributed by atoms with Crippen molar-refractivity contribution in [3.63, 3.8) is 0 Å². The fourth-order valence-electron chi connectivity index (χ4n) is 2.09. The standard InChI is InChI=1S/C13H16N2O3/c16-12(17)10-5-4-8-15(9-10)13(18)14-11-6-2-1-3-7-11/h1-3,6-7,10H,4-5,8-9H2,(H,14,18)(H,16,17). The molecule has 96 valence electrons. The van der Waals surface area contributed by atoms with Gasteiger partial charge in [0.25, 0.3) is 0 Å². The Labute approximate surface area is 105 Å². The molecule has 2 N–H and O–H groups in total. The number of hydrogen-bond donors (Lipinski definition) is 2. The summed E-state index contributed by atoms with van der Waals surface area (Å²) in [5.41, 5.74) is 0.722. The summed E-state index contributed by atoms with van der Waals surface area (Å²) in [5.74, 6) is -1.27. The zero-order valence-electron chi connectivity index (χ0n) is 10.0. The number of anilines is 1. The Morgan fingerprint density at radius 3 is 2.67 bits per heavy atom. The fourth-order valence-corrected chi connectivity index (χ4v) is 2.09. The number of urea groups is 1. The minimum atomic E-state index is -0.827. The number of hydrogen-bond acceptors (Lipinski definition) is 2. The Kier molecular flexibility index (Phi) is 3.82. The SMILES string of the molecule is O=C(O)C1CCCN(C(=O)Nc2ccccc2)C1. The lowest BCUT2D eigenvalue weighted by molar-refractivity contribution is -0.143. The first-order valence-electron chi connectivity index (χ1n) is 6.00. The molecule has 2 rings (SSSR count). The molecule has 1 unspecified atom stereocenters. The van der Waals surface area contributed by atoms with Crippen LogP contribution in [0.2, 0.25) is 0 Å². The Hall–Kier alpha value is -2.04. The molecule has 0 spiro atoms. The number of carboxylic acids is 1. The number of amides is 2. The minimum absolute atomic E-state index is 0.229. The molecule has 1 heterocycles. The van der Waals surface area contributed by atoms with E-state index in [2.05, 4.69) is 5.32 Å². The lowest BCUT2D eigenvalue weighted by atomic mass is 9.99. The van der Waals surface area contributed by atoms with Gasteiger partial charge in [-0.1, -0.05) is 18.2 Å². The third-order valence-electron chi connectivity index (χ3n) is 3.08. The van der Waals surface area contributed by atoms with E-state index in [1.807, 2.05) is 18.2 Å². The van der Waals surface area contributed by atoms with E-state index in [-0.39, 0.29) is 12.6 Å². The maximum atomic E-state index is 12.0. The summed E-state index contributed by atoms with van der Waals surface area (Å²) < 4.78 is 0. The van der Waals surface area contributed by atoms with Crippen molar-refractivity contribution in [2.45, 2.75) is 12.8 Å². The van der Waals surface area contributed by atoms with E-state index in [0.717, 1.165) is 12.1 Å². The van der Waals surface area contributed by atoms with E-state index >= 15 is 0 Å². The lowest BCUT2D eigenvalue weighted by Gasteiger charge is -2.30. The average Bonchev–Trinajstić information content (AvgIpc) is 2.40. The number of benzene rings is 1. The maximum absolute atomic E-state index is 12.0. The number of nitrogens with zero attached hydrogens (tertiary/aromatic N) is 1. The van der Waals surface area contributed by atoms with Gasteiger partial charge in [-0.05, 0) is 25.0 Å². The second-order valence-electron chi connectivity index (χ2n) is 4.42. The zero-order chi connectivity index (χ0) is 13.0. The van der Waals surface area contributed by atoms with Gasteiger partial charge in [-0.25, -0.2) is 4.79 Å². The minimum Gasteiger partial charge on any atom is -0.481 e. The van der Waals surface area contributed by atoms with Crippen molar-refractivity contribution < 1.29 is 14.7 Å². The molecule has 0 aliphatic carbocycles. The van der Waals surface area contributed by atoms with E-state index in [4.69, 9.17) is 5.11 Å². The quantitative estimate of drug-likeness (QED) is 0.841. The summed E-state index contributed by atoms with van der Waals surface area (Å²) in [5, 5.41) is 11.7. The van der Waals surface area contributed by atoms with Gasteiger partial charge in [-0.15, -0.1) is 0 Å². The first-order valence-corrected chi connectivity index (χ1v) is 6.00. The van der Waals surface area contributed by atoms with Crippen LogP contribution in [-0.2, 0) is 4.79 Å². The zero-order valence-corrected chi connectivity index (χ0v) is 10.0. The van der Waals surface area contributed by atoms with Gasteiger partial charge in [0.1, 0.15) is 0 Å². The Balaban J connectivity index is 1.95. The van der Waals surface area contributed by atoms with E-state index < -0.39 is 11.9 Å². The molecule has 5 nitrogen and oxygen atoms in total. The van der Waals surface area contributed by atoms with Crippen molar-refractivity contribution in [1.82, 2.24) is 4.90 Å². The second-order valence-corrected chi connectivity index (χ2v) is 4.42. The summed E-state index contributed by atoms with van der Waals surface area (Å²) in [6.45, 7) is 0.899. The molecular formula is C13H16N2O3. The maximum Gasteiger partial charge on any atom is 0.321 e. The number of para-hydroxylation sites is 1. The number of carbonyl (C=O) groups excluding carboxylic acids is 1. The number of likely N-dealkylation sites (tertiary alicyclic amines) is 1. The van der Waals surface area contributed by atoms with Gasteiger partial charge in [-0.3, -0.25) is 4.79 Å². The third-order valence-corrected chi connectivity index (χ3v) is 3.08. The van der Waals surface area contributed by atoms with Crippen LogP contribution in [0.4, 0.5) is 10.5 Å². The van der Waals surface area contributed by atoms with Crippen molar-refractivity contribution in [3.05, 3.63) is 30.3 Å². The van der Waals surface area contributed by atoms with Gasteiger partial charge in [0.15, 0.2) is 0 Å². The number of rotatable bonds is 2. The van der Waals surface area contributed by atoms with Gasteiger partial charge in [-0.2, -0.15) is 0 Å². The summed E-state index contributed by atoms with van der Waals surface area (Å²) in [7, 11) is 0. The smallest absolute Gasteiger partial charge is 0.321 e. The first kappa shape index (κ1) is 12.4. The van der Waals surface area contributed by atoms with Gasteiger partial charge in [0.05, 0.1) is 5.92 Å². The van der Waals surface area contributed by atoms with Crippen molar-refractivity contribution in [2.75, 3.05) is 18.4 Å². The molecule has 0 aromatic heterocycles. The molecule has 18 heavy (non-hydrogen) atoms. The van der Waals surface area contributed by atoms with Crippen molar-refractivity contribution in [1.29, 1.82) is 0 Å².